The normalized spacial score (nSPS) is 9.59. The van der Waals surface area contributed by atoms with Crippen molar-refractivity contribution in [2.45, 2.75) is 13.8 Å². The van der Waals surface area contributed by atoms with E-state index in [2.05, 4.69) is 0 Å². The highest BCUT2D eigenvalue weighted by molar-refractivity contribution is 14.1. The number of carbonyl (C=O) groups is 3. The maximum absolute atomic E-state index is 11.2. The minimum atomic E-state index is -0.517. The van der Waals surface area contributed by atoms with Crippen LogP contribution in [0.25, 0.3) is 0 Å². The molecule has 5 nitrogen and oxygen atoms in total. The van der Waals surface area contributed by atoms with Crippen LogP contribution in [0.4, 0.5) is 0 Å². The van der Waals surface area contributed by atoms with E-state index in [1.165, 1.54) is 32.0 Å². The highest BCUT2D eigenvalue weighted by Gasteiger charge is 2.10. The Morgan fingerprint density at radius 1 is 0.941 bits per heavy atom. The third-order valence-electron chi connectivity index (χ3n) is 1.63. The van der Waals surface area contributed by atoms with Crippen LogP contribution >= 0.6 is 22.6 Å². The second-order valence-corrected chi connectivity index (χ2v) is 4.13. The smallest absolute Gasteiger partial charge is 0.308 e. The van der Waals surface area contributed by atoms with Gasteiger partial charge in [-0.25, -0.2) is 0 Å². The fourth-order valence-electron chi connectivity index (χ4n) is 1.13. The maximum Gasteiger partial charge on any atom is 0.308 e. The molecule has 1 aromatic carbocycles. The number of halogens is 1. The molecule has 1 rings (SSSR count). The van der Waals surface area contributed by atoms with Crippen LogP contribution < -0.4 is 9.47 Å². The first kappa shape index (κ1) is 13.6. The lowest BCUT2D eigenvalue weighted by atomic mass is 10.2. The summed E-state index contributed by atoms with van der Waals surface area (Å²) in [4.78, 5) is 32.8. The van der Waals surface area contributed by atoms with E-state index in [1.807, 2.05) is 0 Å². The highest BCUT2D eigenvalue weighted by atomic mass is 127. The van der Waals surface area contributed by atoms with Gasteiger partial charge in [-0.2, -0.15) is 0 Å². The van der Waals surface area contributed by atoms with Gasteiger partial charge in [-0.1, -0.05) is 0 Å². The van der Waals surface area contributed by atoms with Crippen LogP contribution in [0.1, 0.15) is 24.2 Å². The molecule has 0 aliphatic rings. The Hall–Kier alpha value is -1.44. The lowest BCUT2D eigenvalue weighted by Gasteiger charge is -2.06. The largest absolute Gasteiger partial charge is 0.427 e. The van der Waals surface area contributed by atoms with Gasteiger partial charge in [0.25, 0.3) is 0 Å². The van der Waals surface area contributed by atoms with Gasteiger partial charge in [-0.15, -0.1) is 0 Å². The second kappa shape index (κ2) is 5.76. The topological polar surface area (TPSA) is 69.7 Å². The third-order valence-corrected chi connectivity index (χ3v) is 2.25. The Labute approximate surface area is 111 Å². The Balaban J connectivity index is 3.13. The molecule has 0 N–H and O–H groups in total. The van der Waals surface area contributed by atoms with E-state index < -0.39 is 11.9 Å². The number of carbonyl (C=O) groups excluding carboxylic acids is 3. The molecular weight excluding hydrogens is 339 g/mol. The van der Waals surface area contributed by atoms with Gasteiger partial charge in [-0.3, -0.25) is 14.4 Å². The van der Waals surface area contributed by atoms with Crippen LogP contribution in [0, 0.1) is 0 Å². The van der Waals surface area contributed by atoms with Crippen LogP contribution in [-0.4, -0.2) is 15.7 Å². The zero-order chi connectivity index (χ0) is 13.0. The Morgan fingerprint density at radius 3 is 1.65 bits per heavy atom. The van der Waals surface area contributed by atoms with E-state index in [9.17, 15) is 14.4 Å². The van der Waals surface area contributed by atoms with Crippen molar-refractivity contribution in [1.82, 2.24) is 0 Å². The van der Waals surface area contributed by atoms with Crippen LogP contribution in [0.15, 0.2) is 18.2 Å². The molecule has 17 heavy (non-hydrogen) atoms. The number of ether oxygens (including phenoxy) is 2. The number of benzene rings is 1. The van der Waals surface area contributed by atoms with Crippen molar-refractivity contribution >= 4 is 38.3 Å². The molecule has 0 spiro atoms. The van der Waals surface area contributed by atoms with Crippen molar-refractivity contribution in [3.63, 3.8) is 0 Å². The van der Waals surface area contributed by atoms with E-state index in [0.29, 0.717) is 5.56 Å². The van der Waals surface area contributed by atoms with E-state index in [-0.39, 0.29) is 15.3 Å². The summed E-state index contributed by atoms with van der Waals surface area (Å²) >= 11 is 1.59. The number of hydrogen-bond donors (Lipinski definition) is 0. The van der Waals surface area contributed by atoms with Crippen molar-refractivity contribution < 1.29 is 23.9 Å². The molecule has 0 amide bonds. The van der Waals surface area contributed by atoms with Crippen molar-refractivity contribution in [3.8, 4) is 11.5 Å². The molecule has 0 aliphatic carbocycles. The molecule has 0 atom stereocenters. The molecule has 0 aromatic heterocycles. The maximum atomic E-state index is 11.2. The van der Waals surface area contributed by atoms with E-state index in [4.69, 9.17) is 9.47 Å². The summed E-state index contributed by atoms with van der Waals surface area (Å²) in [7, 11) is 0. The molecule has 6 heteroatoms. The lowest BCUT2D eigenvalue weighted by molar-refractivity contribution is -0.132. The molecule has 0 bridgehead atoms. The summed E-state index contributed by atoms with van der Waals surface area (Å²) in [6.07, 6.45) is 0. The molecule has 0 heterocycles. The van der Waals surface area contributed by atoms with Crippen molar-refractivity contribution in [2.75, 3.05) is 0 Å². The number of hydrogen-bond acceptors (Lipinski definition) is 5. The predicted octanol–water partition coefficient (Wildman–Crippen LogP) is 2.11. The molecule has 0 aliphatic heterocycles. The Kier molecular flexibility index (Phi) is 4.62. The van der Waals surface area contributed by atoms with E-state index in [0.717, 1.165) is 0 Å². The van der Waals surface area contributed by atoms with Crippen LogP contribution in [0.3, 0.4) is 0 Å². The number of rotatable bonds is 3. The standard InChI is InChI=1S/C11H9IO5/c1-6(13)16-9-3-8(11(12)15)4-10(5-9)17-7(2)14/h3-5H,1-2H3. The van der Waals surface area contributed by atoms with E-state index >= 15 is 0 Å². The van der Waals surface area contributed by atoms with Crippen molar-refractivity contribution in [3.05, 3.63) is 23.8 Å². The first-order valence-corrected chi connectivity index (χ1v) is 5.68. The Bertz CT molecular complexity index is 447. The highest BCUT2D eigenvalue weighted by Crippen LogP contribution is 2.24. The molecule has 90 valence electrons. The first-order valence-electron chi connectivity index (χ1n) is 4.60. The fourth-order valence-corrected chi connectivity index (χ4v) is 1.45. The molecule has 0 radical (unpaired) electrons. The quantitative estimate of drug-likeness (QED) is 0.362. The summed E-state index contributed by atoms with van der Waals surface area (Å²) in [5.41, 5.74) is 0.292. The van der Waals surface area contributed by atoms with Gasteiger partial charge in [-0.05, 0) is 12.1 Å². The predicted molar refractivity (Wildman–Crippen MR) is 67.4 cm³/mol. The van der Waals surface area contributed by atoms with Gasteiger partial charge in [0.1, 0.15) is 11.5 Å². The summed E-state index contributed by atoms with van der Waals surface area (Å²) in [6.45, 7) is 2.48. The average molecular weight is 348 g/mol. The summed E-state index contributed by atoms with van der Waals surface area (Å²) in [5.74, 6) is -0.707. The third kappa shape index (κ3) is 4.51. The first-order chi connectivity index (χ1) is 7.88. The summed E-state index contributed by atoms with van der Waals surface area (Å²) in [6, 6.07) is 4.18. The van der Waals surface area contributed by atoms with Gasteiger partial charge in [0.2, 0.25) is 3.79 Å². The van der Waals surface area contributed by atoms with Gasteiger partial charge in [0.05, 0.1) is 0 Å². The van der Waals surface area contributed by atoms with Crippen LogP contribution in [-0.2, 0) is 9.59 Å². The van der Waals surface area contributed by atoms with Crippen molar-refractivity contribution in [1.29, 1.82) is 0 Å². The van der Waals surface area contributed by atoms with E-state index in [1.54, 1.807) is 22.6 Å². The lowest BCUT2D eigenvalue weighted by Crippen LogP contribution is -2.05. The molecular formula is C11H9IO5. The van der Waals surface area contributed by atoms with Gasteiger partial charge >= 0.3 is 11.9 Å². The molecule has 0 fully saturated rings. The average Bonchev–Trinajstić information content (AvgIpc) is 2.14. The SMILES string of the molecule is CC(=O)Oc1cc(OC(C)=O)cc(C(=O)I)c1. The molecule has 0 saturated carbocycles. The summed E-state index contributed by atoms with van der Waals surface area (Å²) in [5, 5.41) is 0. The molecule has 1 aromatic rings. The molecule has 0 unspecified atom stereocenters. The number of esters is 2. The summed E-state index contributed by atoms with van der Waals surface area (Å²) < 4.78 is 9.44. The van der Waals surface area contributed by atoms with Gasteiger partial charge in [0, 0.05) is 48.1 Å². The minimum absolute atomic E-state index is 0.163. The second-order valence-electron chi connectivity index (χ2n) is 3.15. The van der Waals surface area contributed by atoms with Crippen LogP contribution in [0.5, 0.6) is 11.5 Å². The van der Waals surface area contributed by atoms with Gasteiger partial charge in [0.15, 0.2) is 0 Å². The fraction of sp³-hybridized carbons (Fsp3) is 0.182. The van der Waals surface area contributed by atoms with Crippen LogP contribution in [0.2, 0.25) is 0 Å². The zero-order valence-corrected chi connectivity index (χ0v) is 11.3. The monoisotopic (exact) mass is 348 g/mol. The minimum Gasteiger partial charge on any atom is -0.427 e. The van der Waals surface area contributed by atoms with Crippen molar-refractivity contribution in [2.24, 2.45) is 0 Å². The van der Waals surface area contributed by atoms with Gasteiger partial charge < -0.3 is 9.47 Å². The Morgan fingerprint density at radius 2 is 1.35 bits per heavy atom. The zero-order valence-electron chi connectivity index (χ0n) is 9.15. The molecule has 0 saturated heterocycles.